The number of imidazole rings is 1. The molecule has 6 rings (SSSR count). The summed E-state index contributed by atoms with van der Waals surface area (Å²) in [4.78, 5) is 17.2. The molecule has 4 aliphatic carbocycles. The molecule has 1 amide bonds. The van der Waals surface area contributed by atoms with Crippen LogP contribution in [0.2, 0.25) is 0 Å². The maximum Gasteiger partial charge on any atom is 0.327 e. The molecule has 4 heteroatoms. The molecular weight excluding hydrogens is 298 g/mol. The van der Waals surface area contributed by atoms with Gasteiger partial charge in [-0.25, -0.2) is 9.78 Å². The van der Waals surface area contributed by atoms with Gasteiger partial charge in [0.1, 0.15) is 6.33 Å². The Morgan fingerprint density at radius 1 is 1.04 bits per heavy atom. The topological polar surface area (TPSA) is 46.9 Å². The Morgan fingerprint density at radius 3 is 2.29 bits per heavy atom. The van der Waals surface area contributed by atoms with Gasteiger partial charge in [-0.1, -0.05) is 30.3 Å². The summed E-state index contributed by atoms with van der Waals surface area (Å²) in [5.41, 5.74) is 1.93. The van der Waals surface area contributed by atoms with Crippen molar-refractivity contribution in [2.24, 2.45) is 17.8 Å². The zero-order chi connectivity index (χ0) is 16.1. The van der Waals surface area contributed by atoms with E-state index < -0.39 is 0 Å². The molecule has 0 radical (unpaired) electrons. The summed E-state index contributed by atoms with van der Waals surface area (Å²) in [6.07, 6.45) is 11.2. The van der Waals surface area contributed by atoms with Crippen LogP contribution in [0.4, 0.5) is 4.79 Å². The van der Waals surface area contributed by atoms with Crippen molar-refractivity contribution in [3.63, 3.8) is 0 Å². The van der Waals surface area contributed by atoms with E-state index in [1.807, 2.05) is 36.5 Å². The Hall–Kier alpha value is -2.10. The average molecular weight is 321 g/mol. The molecule has 1 aromatic heterocycles. The molecular formula is C20H23N3O. The quantitative estimate of drug-likeness (QED) is 0.906. The van der Waals surface area contributed by atoms with Crippen LogP contribution in [-0.2, 0) is 0 Å². The van der Waals surface area contributed by atoms with Gasteiger partial charge >= 0.3 is 6.03 Å². The second kappa shape index (κ2) is 5.20. The van der Waals surface area contributed by atoms with Crippen LogP contribution in [0, 0.1) is 17.8 Å². The van der Waals surface area contributed by atoms with Crippen LogP contribution < -0.4 is 5.32 Å². The normalized spacial score (nSPS) is 33.6. The first-order chi connectivity index (χ1) is 11.7. The fraction of sp³-hybridized carbons (Fsp3) is 0.500. The molecule has 1 N–H and O–H groups in total. The molecule has 1 aromatic carbocycles. The monoisotopic (exact) mass is 321 g/mol. The fourth-order valence-corrected chi connectivity index (χ4v) is 5.75. The van der Waals surface area contributed by atoms with Crippen LogP contribution in [0.5, 0.6) is 0 Å². The third-order valence-corrected chi connectivity index (χ3v) is 6.30. The summed E-state index contributed by atoms with van der Waals surface area (Å²) in [7, 11) is 0. The number of benzene rings is 1. The van der Waals surface area contributed by atoms with Crippen molar-refractivity contribution in [1.82, 2.24) is 14.9 Å². The standard InChI is InChI=1S/C20H23N3O/c24-19(23-12-18(21-13-23)17-4-2-1-3-5-17)22-20-9-14-6-15(10-20)8-16(7-14)11-20/h1-5,12-16H,6-11H2,(H,22,24). The summed E-state index contributed by atoms with van der Waals surface area (Å²) in [6, 6.07) is 9.98. The van der Waals surface area contributed by atoms with Crippen LogP contribution in [0.25, 0.3) is 11.3 Å². The lowest BCUT2D eigenvalue weighted by atomic mass is 9.53. The molecule has 24 heavy (non-hydrogen) atoms. The van der Waals surface area contributed by atoms with E-state index in [0.29, 0.717) is 0 Å². The molecule has 0 atom stereocenters. The molecule has 4 nitrogen and oxygen atoms in total. The van der Waals surface area contributed by atoms with Gasteiger partial charge in [0.25, 0.3) is 0 Å². The van der Waals surface area contributed by atoms with Gasteiger partial charge < -0.3 is 5.32 Å². The molecule has 4 saturated carbocycles. The largest absolute Gasteiger partial charge is 0.332 e. The molecule has 2 aromatic rings. The lowest BCUT2D eigenvalue weighted by Crippen LogP contribution is -2.60. The minimum Gasteiger partial charge on any atom is -0.332 e. The summed E-state index contributed by atoms with van der Waals surface area (Å²) in [6.45, 7) is 0. The number of hydrogen-bond acceptors (Lipinski definition) is 2. The van der Waals surface area contributed by atoms with E-state index >= 15 is 0 Å². The summed E-state index contributed by atoms with van der Waals surface area (Å²) < 4.78 is 1.61. The lowest BCUT2D eigenvalue weighted by molar-refractivity contribution is -0.0134. The van der Waals surface area contributed by atoms with Crippen molar-refractivity contribution in [1.29, 1.82) is 0 Å². The Labute approximate surface area is 142 Å². The highest BCUT2D eigenvalue weighted by Gasteiger charge is 2.51. The van der Waals surface area contributed by atoms with Crippen LogP contribution in [0.3, 0.4) is 0 Å². The second-order valence-corrected chi connectivity index (χ2v) is 8.16. The number of nitrogens with zero attached hydrogens (tertiary/aromatic N) is 2. The highest BCUT2D eigenvalue weighted by atomic mass is 16.2. The first kappa shape index (κ1) is 14.3. The molecule has 4 bridgehead atoms. The highest BCUT2D eigenvalue weighted by Crippen LogP contribution is 2.55. The molecule has 1 heterocycles. The minimum absolute atomic E-state index is 0.0216. The Bertz CT molecular complexity index is 729. The van der Waals surface area contributed by atoms with Gasteiger partial charge in [-0.2, -0.15) is 0 Å². The van der Waals surface area contributed by atoms with Crippen LogP contribution in [0.15, 0.2) is 42.9 Å². The molecule has 0 aliphatic heterocycles. The van der Waals surface area contributed by atoms with Gasteiger partial charge in [0, 0.05) is 17.3 Å². The molecule has 4 aliphatic rings. The van der Waals surface area contributed by atoms with Crippen molar-refractivity contribution in [3.8, 4) is 11.3 Å². The second-order valence-electron chi connectivity index (χ2n) is 8.16. The SMILES string of the molecule is O=C(NC12CC3CC(CC(C3)C1)C2)n1cnc(-c2ccccc2)c1. The van der Waals surface area contributed by atoms with Gasteiger partial charge in [0.05, 0.1) is 5.69 Å². The van der Waals surface area contributed by atoms with E-state index in [9.17, 15) is 4.79 Å². The predicted molar refractivity (Wildman–Crippen MR) is 92.5 cm³/mol. The lowest BCUT2D eigenvalue weighted by Gasteiger charge is -2.56. The number of aromatic nitrogens is 2. The first-order valence-electron chi connectivity index (χ1n) is 9.11. The van der Waals surface area contributed by atoms with Crippen LogP contribution in [0.1, 0.15) is 38.5 Å². The van der Waals surface area contributed by atoms with Crippen molar-refractivity contribution < 1.29 is 4.79 Å². The zero-order valence-electron chi connectivity index (χ0n) is 13.8. The molecule has 4 fully saturated rings. The van der Waals surface area contributed by atoms with Crippen LogP contribution >= 0.6 is 0 Å². The van der Waals surface area contributed by atoms with Gasteiger partial charge in [-0.05, 0) is 56.3 Å². The van der Waals surface area contributed by atoms with E-state index in [2.05, 4.69) is 10.3 Å². The number of carbonyl (C=O) groups excluding carboxylic acids is 1. The summed E-state index contributed by atoms with van der Waals surface area (Å²) in [5, 5.41) is 3.39. The van der Waals surface area contributed by atoms with E-state index in [4.69, 9.17) is 0 Å². The van der Waals surface area contributed by atoms with E-state index in [0.717, 1.165) is 29.0 Å². The summed E-state index contributed by atoms with van der Waals surface area (Å²) >= 11 is 0. The Kier molecular flexibility index (Phi) is 3.09. The number of nitrogens with one attached hydrogen (secondary N) is 1. The highest BCUT2D eigenvalue weighted by molar-refractivity contribution is 5.78. The molecule has 0 unspecified atom stereocenters. The third kappa shape index (κ3) is 2.36. The smallest absolute Gasteiger partial charge is 0.327 e. The summed E-state index contributed by atoms with van der Waals surface area (Å²) in [5.74, 6) is 2.50. The van der Waals surface area contributed by atoms with Crippen molar-refractivity contribution in [2.45, 2.75) is 44.1 Å². The van der Waals surface area contributed by atoms with Gasteiger partial charge in [0.2, 0.25) is 0 Å². The minimum atomic E-state index is -0.0216. The number of rotatable bonds is 2. The van der Waals surface area contributed by atoms with E-state index in [1.165, 1.54) is 38.5 Å². The zero-order valence-corrected chi connectivity index (χ0v) is 13.8. The molecule has 0 spiro atoms. The van der Waals surface area contributed by atoms with Gasteiger partial charge in [-0.3, -0.25) is 4.57 Å². The molecule has 0 saturated heterocycles. The number of carbonyl (C=O) groups is 1. The van der Waals surface area contributed by atoms with Crippen molar-refractivity contribution in [3.05, 3.63) is 42.9 Å². The van der Waals surface area contributed by atoms with Crippen molar-refractivity contribution >= 4 is 6.03 Å². The van der Waals surface area contributed by atoms with Gasteiger partial charge in [0.15, 0.2) is 0 Å². The number of hydrogen-bond donors (Lipinski definition) is 1. The fourth-order valence-electron chi connectivity index (χ4n) is 5.75. The maximum absolute atomic E-state index is 12.8. The van der Waals surface area contributed by atoms with E-state index in [1.54, 1.807) is 10.9 Å². The van der Waals surface area contributed by atoms with Crippen LogP contribution in [-0.4, -0.2) is 21.1 Å². The Balaban J connectivity index is 1.35. The number of amides is 1. The third-order valence-electron chi connectivity index (χ3n) is 6.30. The maximum atomic E-state index is 12.8. The average Bonchev–Trinajstić information content (AvgIpc) is 3.04. The Morgan fingerprint density at radius 2 is 1.67 bits per heavy atom. The first-order valence-corrected chi connectivity index (χ1v) is 9.11. The van der Waals surface area contributed by atoms with Crippen molar-refractivity contribution in [2.75, 3.05) is 0 Å². The molecule has 124 valence electrons. The van der Waals surface area contributed by atoms with Gasteiger partial charge in [-0.15, -0.1) is 0 Å². The van der Waals surface area contributed by atoms with E-state index in [-0.39, 0.29) is 11.6 Å². The predicted octanol–water partition coefficient (Wildman–Crippen LogP) is 4.08.